The number of ether oxygens (including phenoxy) is 2. The van der Waals surface area contributed by atoms with Crippen molar-refractivity contribution < 1.29 is 27.5 Å². The van der Waals surface area contributed by atoms with Crippen LogP contribution >= 0.6 is 0 Å². The summed E-state index contributed by atoms with van der Waals surface area (Å²) in [5.74, 6) is -1.48. The average molecular weight is 342 g/mol. The van der Waals surface area contributed by atoms with Gasteiger partial charge in [-0.15, -0.1) is 0 Å². The molecule has 126 valence electrons. The number of carbonyl (C=O) groups is 2. The van der Waals surface area contributed by atoms with Crippen molar-refractivity contribution in [1.82, 2.24) is 10.0 Å². The molecule has 1 aromatic carbocycles. The predicted molar refractivity (Wildman–Crippen MR) is 80.7 cm³/mol. The second-order valence-corrected chi connectivity index (χ2v) is 6.75. The van der Waals surface area contributed by atoms with Crippen molar-refractivity contribution in [2.24, 2.45) is 0 Å². The third kappa shape index (κ3) is 4.06. The summed E-state index contributed by atoms with van der Waals surface area (Å²) >= 11 is 0. The smallest absolute Gasteiger partial charge is 0.337 e. The van der Waals surface area contributed by atoms with Gasteiger partial charge in [-0.2, -0.15) is 0 Å². The van der Waals surface area contributed by atoms with Crippen molar-refractivity contribution >= 4 is 22.0 Å². The summed E-state index contributed by atoms with van der Waals surface area (Å²) in [7, 11) is -1.54. The molecule has 1 saturated heterocycles. The van der Waals surface area contributed by atoms with E-state index in [4.69, 9.17) is 0 Å². The highest BCUT2D eigenvalue weighted by molar-refractivity contribution is 7.89. The van der Waals surface area contributed by atoms with Gasteiger partial charge in [-0.1, -0.05) is 0 Å². The first-order valence-electron chi connectivity index (χ1n) is 6.92. The SMILES string of the molecule is COC(=O)c1cc(C(=O)OC)cc(S(=O)(=O)NC2CCNC2)c1. The number of carbonyl (C=O) groups excluding carboxylic acids is 2. The van der Waals surface area contributed by atoms with Gasteiger partial charge in [0.25, 0.3) is 0 Å². The zero-order valence-corrected chi connectivity index (χ0v) is 13.6. The summed E-state index contributed by atoms with van der Waals surface area (Å²) in [6, 6.07) is 3.34. The summed E-state index contributed by atoms with van der Waals surface area (Å²) in [6.07, 6.45) is 0.666. The molecule has 0 saturated carbocycles. The van der Waals surface area contributed by atoms with Gasteiger partial charge in [-0.3, -0.25) is 0 Å². The molecule has 1 heterocycles. The highest BCUT2D eigenvalue weighted by atomic mass is 32.2. The molecule has 1 aliphatic rings. The van der Waals surface area contributed by atoms with Crippen molar-refractivity contribution in [3.05, 3.63) is 29.3 Å². The van der Waals surface area contributed by atoms with Gasteiger partial charge in [0.2, 0.25) is 10.0 Å². The van der Waals surface area contributed by atoms with Gasteiger partial charge in [0, 0.05) is 12.6 Å². The number of nitrogens with one attached hydrogen (secondary N) is 2. The fourth-order valence-electron chi connectivity index (χ4n) is 2.27. The highest BCUT2D eigenvalue weighted by Crippen LogP contribution is 2.18. The molecule has 0 radical (unpaired) electrons. The van der Waals surface area contributed by atoms with Gasteiger partial charge < -0.3 is 14.8 Å². The lowest BCUT2D eigenvalue weighted by Gasteiger charge is -2.13. The topological polar surface area (TPSA) is 111 Å². The molecule has 0 bridgehead atoms. The molecular formula is C14H18N2O6S. The summed E-state index contributed by atoms with van der Waals surface area (Å²) in [5, 5.41) is 3.05. The maximum Gasteiger partial charge on any atom is 0.337 e. The Balaban J connectivity index is 2.42. The highest BCUT2D eigenvalue weighted by Gasteiger charge is 2.25. The van der Waals surface area contributed by atoms with Crippen LogP contribution in [0.5, 0.6) is 0 Å². The van der Waals surface area contributed by atoms with Crippen LogP contribution < -0.4 is 10.0 Å². The molecule has 23 heavy (non-hydrogen) atoms. The summed E-state index contributed by atoms with van der Waals surface area (Å²) < 4.78 is 36.7. The van der Waals surface area contributed by atoms with Crippen LogP contribution in [0.4, 0.5) is 0 Å². The molecule has 1 fully saturated rings. The molecule has 8 nitrogen and oxygen atoms in total. The van der Waals surface area contributed by atoms with E-state index in [2.05, 4.69) is 19.5 Å². The van der Waals surface area contributed by atoms with Crippen molar-refractivity contribution in [3.8, 4) is 0 Å². The number of benzene rings is 1. The van der Waals surface area contributed by atoms with E-state index in [0.29, 0.717) is 13.0 Å². The van der Waals surface area contributed by atoms with Gasteiger partial charge in [0.1, 0.15) is 0 Å². The molecule has 2 N–H and O–H groups in total. The maximum absolute atomic E-state index is 12.5. The third-order valence-corrected chi connectivity index (χ3v) is 4.94. The number of methoxy groups -OCH3 is 2. The van der Waals surface area contributed by atoms with E-state index in [9.17, 15) is 18.0 Å². The van der Waals surface area contributed by atoms with E-state index >= 15 is 0 Å². The van der Waals surface area contributed by atoms with Gasteiger partial charge >= 0.3 is 11.9 Å². The zero-order valence-electron chi connectivity index (χ0n) is 12.8. The Kier molecular flexibility index (Phi) is 5.34. The lowest BCUT2D eigenvalue weighted by atomic mass is 10.1. The monoisotopic (exact) mass is 342 g/mol. The first kappa shape index (κ1) is 17.4. The fourth-order valence-corrected chi connectivity index (χ4v) is 3.61. The molecule has 1 aromatic rings. The molecule has 0 aliphatic carbocycles. The predicted octanol–water partition coefficient (Wildman–Crippen LogP) is -0.1000. The van der Waals surface area contributed by atoms with Crippen molar-refractivity contribution in [2.75, 3.05) is 27.3 Å². The Hall–Kier alpha value is -1.97. The quantitative estimate of drug-likeness (QED) is 0.719. The Labute approximate surface area is 134 Å². The largest absolute Gasteiger partial charge is 0.465 e. The first-order chi connectivity index (χ1) is 10.9. The fraction of sp³-hybridized carbons (Fsp3) is 0.429. The van der Waals surface area contributed by atoms with Crippen LogP contribution in [0.15, 0.2) is 23.1 Å². The Bertz CT molecular complexity index is 676. The lowest BCUT2D eigenvalue weighted by molar-refractivity contribution is 0.0598. The molecule has 1 unspecified atom stereocenters. The van der Waals surface area contributed by atoms with Gasteiger partial charge in [0.05, 0.1) is 30.2 Å². The number of hydrogen-bond donors (Lipinski definition) is 2. The normalized spacial score (nSPS) is 17.7. The molecule has 0 aromatic heterocycles. The second-order valence-electron chi connectivity index (χ2n) is 5.04. The van der Waals surface area contributed by atoms with E-state index in [-0.39, 0.29) is 22.1 Å². The van der Waals surface area contributed by atoms with Crippen LogP contribution in [0, 0.1) is 0 Å². The maximum atomic E-state index is 12.5. The zero-order chi connectivity index (χ0) is 17.0. The molecule has 0 spiro atoms. The molecular weight excluding hydrogens is 324 g/mol. The summed E-state index contributed by atoms with van der Waals surface area (Å²) in [5.41, 5.74) is -0.0827. The van der Waals surface area contributed by atoms with Gasteiger partial charge in [0.15, 0.2) is 0 Å². The number of hydrogen-bond acceptors (Lipinski definition) is 7. The standard InChI is InChI=1S/C14H18N2O6S/c1-21-13(17)9-5-10(14(18)22-2)7-12(6-9)23(19,20)16-11-3-4-15-8-11/h5-7,11,15-16H,3-4,8H2,1-2H3. The van der Waals surface area contributed by atoms with Crippen LogP contribution in [0.2, 0.25) is 0 Å². The Morgan fingerprint density at radius 2 is 1.70 bits per heavy atom. The van der Waals surface area contributed by atoms with Crippen LogP contribution in [0.1, 0.15) is 27.1 Å². The van der Waals surface area contributed by atoms with Crippen molar-refractivity contribution in [2.45, 2.75) is 17.4 Å². The number of rotatable bonds is 5. The van der Waals surface area contributed by atoms with Gasteiger partial charge in [-0.25, -0.2) is 22.7 Å². The van der Waals surface area contributed by atoms with Crippen LogP contribution in [-0.2, 0) is 19.5 Å². The number of sulfonamides is 1. The van der Waals surface area contributed by atoms with Crippen LogP contribution in [-0.4, -0.2) is 53.7 Å². The van der Waals surface area contributed by atoms with Gasteiger partial charge in [-0.05, 0) is 31.2 Å². The van der Waals surface area contributed by atoms with E-state index in [0.717, 1.165) is 6.54 Å². The Morgan fingerprint density at radius 3 is 2.13 bits per heavy atom. The average Bonchev–Trinajstić information content (AvgIpc) is 3.05. The molecule has 1 aliphatic heterocycles. The van der Waals surface area contributed by atoms with Crippen molar-refractivity contribution in [3.63, 3.8) is 0 Å². The second kappa shape index (κ2) is 7.07. The Morgan fingerprint density at radius 1 is 1.13 bits per heavy atom. The van der Waals surface area contributed by atoms with Crippen molar-refractivity contribution in [1.29, 1.82) is 0 Å². The van der Waals surface area contributed by atoms with Crippen LogP contribution in [0.25, 0.3) is 0 Å². The third-order valence-electron chi connectivity index (χ3n) is 3.44. The first-order valence-corrected chi connectivity index (χ1v) is 8.40. The van der Waals surface area contributed by atoms with E-state index < -0.39 is 22.0 Å². The van der Waals surface area contributed by atoms with E-state index in [1.807, 2.05) is 0 Å². The molecule has 2 rings (SSSR count). The molecule has 1 atom stereocenters. The molecule has 0 amide bonds. The van der Waals surface area contributed by atoms with E-state index in [1.54, 1.807) is 0 Å². The van der Waals surface area contributed by atoms with Crippen LogP contribution in [0.3, 0.4) is 0 Å². The molecule has 9 heteroatoms. The van der Waals surface area contributed by atoms with E-state index in [1.165, 1.54) is 32.4 Å². The minimum absolute atomic E-state index is 0.0414. The summed E-state index contributed by atoms with van der Waals surface area (Å²) in [6.45, 7) is 1.25. The lowest BCUT2D eigenvalue weighted by Crippen LogP contribution is -2.36. The summed E-state index contributed by atoms with van der Waals surface area (Å²) in [4.78, 5) is 23.2. The minimum Gasteiger partial charge on any atom is -0.465 e. The minimum atomic E-state index is -3.88. The number of esters is 2.